The first-order valence-corrected chi connectivity index (χ1v) is 7.94. The van der Waals surface area contributed by atoms with Crippen molar-refractivity contribution in [2.24, 2.45) is 11.7 Å². The zero-order valence-corrected chi connectivity index (χ0v) is 13.3. The van der Waals surface area contributed by atoms with Crippen LogP contribution in [0.2, 0.25) is 0 Å². The fourth-order valence-electron chi connectivity index (χ4n) is 2.39. The lowest BCUT2D eigenvalue weighted by Gasteiger charge is -2.15. The molecule has 0 heterocycles. The van der Waals surface area contributed by atoms with Crippen LogP contribution in [-0.4, -0.2) is 25.6 Å². The molecule has 0 aliphatic heterocycles. The van der Waals surface area contributed by atoms with E-state index in [0.717, 1.165) is 31.2 Å². The highest BCUT2D eigenvalue weighted by atomic mass is 19.1. The van der Waals surface area contributed by atoms with Crippen molar-refractivity contribution < 1.29 is 13.9 Å². The molecule has 0 aliphatic rings. The fourth-order valence-corrected chi connectivity index (χ4v) is 2.39. The maximum Gasteiger partial charge on any atom is 0.246 e. The molecule has 5 heteroatoms. The SMILES string of the molecule is CCCC(CCN)CCNC(=O)COCc1ccc(F)cc1. The molecule has 0 fully saturated rings. The zero-order valence-electron chi connectivity index (χ0n) is 13.3. The lowest BCUT2D eigenvalue weighted by Crippen LogP contribution is -2.29. The van der Waals surface area contributed by atoms with E-state index >= 15 is 0 Å². The summed E-state index contributed by atoms with van der Waals surface area (Å²) in [6.07, 6.45) is 4.24. The molecule has 1 aromatic carbocycles. The Morgan fingerprint density at radius 1 is 1.27 bits per heavy atom. The molecule has 0 aliphatic carbocycles. The summed E-state index contributed by atoms with van der Waals surface area (Å²) in [5.41, 5.74) is 6.44. The van der Waals surface area contributed by atoms with Gasteiger partial charge < -0.3 is 15.8 Å². The number of hydrogen-bond donors (Lipinski definition) is 2. The summed E-state index contributed by atoms with van der Waals surface area (Å²) in [5, 5.41) is 2.86. The molecule has 0 bridgehead atoms. The molecule has 0 radical (unpaired) electrons. The first kappa shape index (κ1) is 18.6. The van der Waals surface area contributed by atoms with Gasteiger partial charge in [0.15, 0.2) is 0 Å². The predicted molar refractivity (Wildman–Crippen MR) is 85.8 cm³/mol. The Bertz CT molecular complexity index is 417. The van der Waals surface area contributed by atoms with Gasteiger partial charge in [-0.3, -0.25) is 4.79 Å². The summed E-state index contributed by atoms with van der Waals surface area (Å²) in [6.45, 7) is 3.83. The average Bonchev–Trinajstić information content (AvgIpc) is 2.50. The Morgan fingerprint density at radius 3 is 2.64 bits per heavy atom. The second-order valence-electron chi connectivity index (χ2n) is 5.49. The van der Waals surface area contributed by atoms with E-state index in [2.05, 4.69) is 12.2 Å². The molecule has 0 aromatic heterocycles. The number of hydrogen-bond acceptors (Lipinski definition) is 3. The van der Waals surface area contributed by atoms with Crippen molar-refractivity contribution in [1.29, 1.82) is 0 Å². The minimum absolute atomic E-state index is 0.0205. The maximum atomic E-state index is 12.7. The molecule has 0 spiro atoms. The number of halogens is 1. The lowest BCUT2D eigenvalue weighted by molar-refractivity contribution is -0.126. The smallest absolute Gasteiger partial charge is 0.246 e. The molecule has 0 saturated carbocycles. The molecular formula is C17H27FN2O2. The lowest BCUT2D eigenvalue weighted by atomic mass is 9.96. The second-order valence-corrected chi connectivity index (χ2v) is 5.49. The van der Waals surface area contributed by atoms with E-state index in [-0.39, 0.29) is 18.3 Å². The highest BCUT2D eigenvalue weighted by Crippen LogP contribution is 2.13. The summed E-state index contributed by atoms with van der Waals surface area (Å²) >= 11 is 0. The van der Waals surface area contributed by atoms with Crippen molar-refractivity contribution in [3.63, 3.8) is 0 Å². The topological polar surface area (TPSA) is 64.3 Å². The molecule has 22 heavy (non-hydrogen) atoms. The minimum atomic E-state index is -0.277. The van der Waals surface area contributed by atoms with Gasteiger partial charge in [0.1, 0.15) is 12.4 Å². The van der Waals surface area contributed by atoms with Gasteiger partial charge in [-0.1, -0.05) is 31.9 Å². The molecule has 3 N–H and O–H groups in total. The minimum Gasteiger partial charge on any atom is -0.367 e. The first-order valence-electron chi connectivity index (χ1n) is 7.94. The van der Waals surface area contributed by atoms with Gasteiger partial charge in [-0.15, -0.1) is 0 Å². The quantitative estimate of drug-likeness (QED) is 0.660. The number of ether oxygens (including phenoxy) is 1. The Hall–Kier alpha value is -1.46. The van der Waals surface area contributed by atoms with Gasteiger partial charge in [0.05, 0.1) is 6.61 Å². The van der Waals surface area contributed by atoms with E-state index in [9.17, 15) is 9.18 Å². The van der Waals surface area contributed by atoms with Crippen LogP contribution in [0.1, 0.15) is 38.2 Å². The van der Waals surface area contributed by atoms with E-state index in [1.807, 2.05) is 0 Å². The van der Waals surface area contributed by atoms with Crippen molar-refractivity contribution >= 4 is 5.91 Å². The molecule has 1 unspecified atom stereocenters. The number of rotatable bonds is 11. The van der Waals surface area contributed by atoms with Crippen molar-refractivity contribution in [2.75, 3.05) is 19.7 Å². The van der Waals surface area contributed by atoms with Crippen molar-refractivity contribution in [3.8, 4) is 0 Å². The summed E-state index contributed by atoms with van der Waals surface area (Å²) in [6, 6.07) is 6.05. The number of benzene rings is 1. The third-order valence-corrected chi connectivity index (χ3v) is 3.56. The summed E-state index contributed by atoms with van der Waals surface area (Å²) in [4.78, 5) is 11.7. The van der Waals surface area contributed by atoms with Gasteiger partial charge >= 0.3 is 0 Å². The van der Waals surface area contributed by atoms with Gasteiger partial charge in [-0.25, -0.2) is 4.39 Å². The summed E-state index contributed by atoms with van der Waals surface area (Å²) in [7, 11) is 0. The highest BCUT2D eigenvalue weighted by molar-refractivity contribution is 5.77. The zero-order chi connectivity index (χ0) is 16.2. The molecule has 124 valence electrons. The average molecular weight is 310 g/mol. The van der Waals surface area contributed by atoms with Gasteiger partial charge in [0.2, 0.25) is 5.91 Å². The molecule has 4 nitrogen and oxygen atoms in total. The van der Waals surface area contributed by atoms with Crippen LogP contribution < -0.4 is 11.1 Å². The summed E-state index contributed by atoms with van der Waals surface area (Å²) in [5.74, 6) is 0.182. The van der Waals surface area contributed by atoms with Crippen LogP contribution in [0.4, 0.5) is 4.39 Å². The van der Waals surface area contributed by atoms with E-state index in [1.54, 1.807) is 12.1 Å². The summed E-state index contributed by atoms with van der Waals surface area (Å²) < 4.78 is 18.1. The van der Waals surface area contributed by atoms with Crippen molar-refractivity contribution in [2.45, 2.75) is 39.2 Å². The Balaban J connectivity index is 2.13. The Labute approximate surface area is 132 Å². The molecule has 1 amide bonds. The molecule has 1 rings (SSSR count). The third kappa shape index (κ3) is 8.10. The van der Waals surface area contributed by atoms with E-state index in [1.165, 1.54) is 12.1 Å². The number of amides is 1. The van der Waals surface area contributed by atoms with Crippen LogP contribution >= 0.6 is 0 Å². The van der Waals surface area contributed by atoms with Gasteiger partial charge in [0.25, 0.3) is 0 Å². The van der Waals surface area contributed by atoms with Crippen LogP contribution in [0, 0.1) is 11.7 Å². The standard InChI is InChI=1S/C17H27FN2O2/c1-2-3-14(8-10-19)9-11-20-17(21)13-22-12-15-4-6-16(18)7-5-15/h4-7,14H,2-3,8-13,19H2,1H3,(H,20,21). The van der Waals surface area contributed by atoms with E-state index in [0.29, 0.717) is 25.6 Å². The van der Waals surface area contributed by atoms with Gasteiger partial charge in [-0.05, 0) is 43.0 Å². The molecule has 0 saturated heterocycles. The largest absolute Gasteiger partial charge is 0.367 e. The monoisotopic (exact) mass is 310 g/mol. The third-order valence-electron chi connectivity index (χ3n) is 3.56. The second kappa shape index (κ2) is 11.2. The molecular weight excluding hydrogens is 283 g/mol. The number of nitrogens with two attached hydrogens (primary N) is 1. The van der Waals surface area contributed by atoms with Crippen LogP contribution in [0.25, 0.3) is 0 Å². The van der Waals surface area contributed by atoms with E-state index in [4.69, 9.17) is 10.5 Å². The number of nitrogens with one attached hydrogen (secondary N) is 1. The normalized spacial score (nSPS) is 12.1. The van der Waals surface area contributed by atoms with Crippen LogP contribution in [0.15, 0.2) is 24.3 Å². The first-order chi connectivity index (χ1) is 10.7. The molecule has 1 aromatic rings. The van der Waals surface area contributed by atoms with Gasteiger partial charge in [0, 0.05) is 6.54 Å². The maximum absolute atomic E-state index is 12.7. The fraction of sp³-hybridized carbons (Fsp3) is 0.588. The number of carbonyl (C=O) groups is 1. The Morgan fingerprint density at radius 2 is 2.00 bits per heavy atom. The predicted octanol–water partition coefficient (Wildman–Crippen LogP) is 2.61. The highest BCUT2D eigenvalue weighted by Gasteiger charge is 2.08. The van der Waals surface area contributed by atoms with Crippen molar-refractivity contribution in [1.82, 2.24) is 5.32 Å². The van der Waals surface area contributed by atoms with Crippen molar-refractivity contribution in [3.05, 3.63) is 35.6 Å². The molecule has 1 atom stereocenters. The number of carbonyl (C=O) groups excluding carboxylic acids is 1. The van der Waals surface area contributed by atoms with Crippen LogP contribution in [0.5, 0.6) is 0 Å². The van der Waals surface area contributed by atoms with Crippen LogP contribution in [0.3, 0.4) is 0 Å². The Kier molecular flexibility index (Phi) is 9.42. The van der Waals surface area contributed by atoms with E-state index < -0.39 is 0 Å². The van der Waals surface area contributed by atoms with Gasteiger partial charge in [-0.2, -0.15) is 0 Å². The van der Waals surface area contributed by atoms with Crippen LogP contribution in [-0.2, 0) is 16.1 Å².